The first-order chi connectivity index (χ1) is 17.8. The number of carbonyl (C=O) groups is 1. The molecule has 0 saturated heterocycles. The maximum absolute atomic E-state index is 12.3. The highest BCUT2D eigenvalue weighted by molar-refractivity contribution is 5.91. The number of esters is 1. The van der Waals surface area contributed by atoms with Crippen molar-refractivity contribution in [3.63, 3.8) is 0 Å². The van der Waals surface area contributed by atoms with Crippen molar-refractivity contribution in [2.24, 2.45) is 0 Å². The molecule has 0 amide bonds. The first kappa shape index (κ1) is 22.7. The highest BCUT2D eigenvalue weighted by atomic mass is 16.5. The smallest absolute Gasteiger partial charge is 0.343 e. The van der Waals surface area contributed by atoms with Gasteiger partial charge >= 0.3 is 5.97 Å². The number of hydrogen-bond acceptors (Lipinski definition) is 3. The fourth-order valence-corrected chi connectivity index (χ4v) is 3.78. The van der Waals surface area contributed by atoms with Crippen molar-refractivity contribution < 1.29 is 9.53 Å². The molecule has 3 heteroatoms. The van der Waals surface area contributed by atoms with E-state index in [2.05, 4.69) is 53.1 Å². The first-order valence-corrected chi connectivity index (χ1v) is 11.7. The summed E-state index contributed by atoms with van der Waals surface area (Å²) < 4.78 is 5.39. The second kappa shape index (κ2) is 10.9. The summed E-state index contributed by atoms with van der Waals surface area (Å²) in [4.78, 5) is 14.5. The lowest BCUT2D eigenvalue weighted by molar-refractivity contribution is 0.0735. The van der Waals surface area contributed by atoms with Crippen molar-refractivity contribution in [2.75, 3.05) is 4.90 Å². The van der Waals surface area contributed by atoms with E-state index in [1.54, 1.807) is 24.3 Å². The number of anilines is 3. The van der Waals surface area contributed by atoms with Crippen LogP contribution in [-0.2, 0) is 0 Å². The molecule has 0 aliphatic heterocycles. The molecule has 0 fully saturated rings. The van der Waals surface area contributed by atoms with E-state index in [1.807, 2.05) is 78.9 Å². The summed E-state index contributed by atoms with van der Waals surface area (Å²) >= 11 is 0. The summed E-state index contributed by atoms with van der Waals surface area (Å²) in [6.07, 6.45) is 0. The fourth-order valence-electron chi connectivity index (χ4n) is 3.78. The van der Waals surface area contributed by atoms with Crippen LogP contribution < -0.4 is 9.64 Å². The Morgan fingerprint density at radius 3 is 1.42 bits per heavy atom. The summed E-state index contributed by atoms with van der Waals surface area (Å²) in [5.74, 6) is 6.51. The molecule has 172 valence electrons. The summed E-state index contributed by atoms with van der Waals surface area (Å²) in [5.41, 5.74) is 5.45. The molecule has 0 heterocycles. The molecule has 0 spiro atoms. The van der Waals surface area contributed by atoms with Crippen LogP contribution >= 0.6 is 0 Å². The Labute approximate surface area is 211 Å². The van der Waals surface area contributed by atoms with Gasteiger partial charge in [-0.3, -0.25) is 0 Å². The third-order valence-corrected chi connectivity index (χ3v) is 5.58. The minimum Gasteiger partial charge on any atom is -0.423 e. The van der Waals surface area contributed by atoms with Crippen LogP contribution in [0.15, 0.2) is 140 Å². The number of carbonyl (C=O) groups excluding carboxylic acids is 1. The maximum Gasteiger partial charge on any atom is 0.343 e. The molecule has 0 saturated carbocycles. The molecule has 3 nitrogen and oxygen atoms in total. The van der Waals surface area contributed by atoms with Gasteiger partial charge in [-0.25, -0.2) is 4.79 Å². The van der Waals surface area contributed by atoms with Gasteiger partial charge in [-0.1, -0.05) is 66.4 Å². The van der Waals surface area contributed by atoms with E-state index in [0.29, 0.717) is 11.3 Å². The molecule has 0 unspecified atom stereocenters. The van der Waals surface area contributed by atoms with Crippen molar-refractivity contribution >= 4 is 23.0 Å². The molecule has 0 atom stereocenters. The zero-order valence-electron chi connectivity index (χ0n) is 19.5. The zero-order valence-corrected chi connectivity index (χ0v) is 19.5. The predicted molar refractivity (Wildman–Crippen MR) is 145 cm³/mol. The van der Waals surface area contributed by atoms with E-state index in [4.69, 9.17) is 4.74 Å². The Morgan fingerprint density at radius 1 is 0.500 bits per heavy atom. The van der Waals surface area contributed by atoms with Crippen LogP contribution in [0.4, 0.5) is 17.1 Å². The monoisotopic (exact) mass is 465 g/mol. The molecule has 5 aromatic rings. The van der Waals surface area contributed by atoms with Crippen LogP contribution in [0.3, 0.4) is 0 Å². The number of benzene rings is 5. The Balaban J connectivity index is 1.31. The van der Waals surface area contributed by atoms with Gasteiger partial charge in [-0.15, -0.1) is 0 Å². The van der Waals surface area contributed by atoms with Crippen molar-refractivity contribution in [2.45, 2.75) is 0 Å². The highest BCUT2D eigenvalue weighted by Gasteiger charge is 2.11. The average Bonchev–Trinajstić information content (AvgIpc) is 2.95. The van der Waals surface area contributed by atoms with Crippen LogP contribution in [0.2, 0.25) is 0 Å². The number of para-hydroxylation sites is 3. The second-order valence-electron chi connectivity index (χ2n) is 8.08. The number of ether oxygens (including phenoxy) is 1. The van der Waals surface area contributed by atoms with Crippen LogP contribution in [0, 0.1) is 11.8 Å². The maximum atomic E-state index is 12.3. The molecular formula is C33H23NO2. The van der Waals surface area contributed by atoms with Gasteiger partial charge in [0.2, 0.25) is 0 Å². The Hall–Kier alpha value is -5.07. The summed E-state index contributed by atoms with van der Waals surface area (Å²) in [6, 6.07) is 44.9. The van der Waals surface area contributed by atoms with Gasteiger partial charge in [-0.2, -0.15) is 0 Å². The summed E-state index contributed by atoms with van der Waals surface area (Å²) in [7, 11) is 0. The van der Waals surface area contributed by atoms with Crippen molar-refractivity contribution in [3.8, 4) is 17.6 Å². The van der Waals surface area contributed by atoms with E-state index >= 15 is 0 Å². The van der Waals surface area contributed by atoms with Crippen molar-refractivity contribution in [1.29, 1.82) is 0 Å². The number of rotatable bonds is 5. The van der Waals surface area contributed by atoms with E-state index in [0.717, 1.165) is 28.2 Å². The molecule has 5 aromatic carbocycles. The Morgan fingerprint density at radius 2 is 0.917 bits per heavy atom. The van der Waals surface area contributed by atoms with Crippen molar-refractivity contribution in [1.82, 2.24) is 0 Å². The Kier molecular flexibility index (Phi) is 6.88. The molecule has 0 aliphatic carbocycles. The third kappa shape index (κ3) is 5.52. The quantitative estimate of drug-likeness (QED) is 0.151. The topological polar surface area (TPSA) is 29.5 Å². The predicted octanol–water partition coefficient (Wildman–Crippen LogP) is 7.78. The molecule has 0 N–H and O–H groups in total. The van der Waals surface area contributed by atoms with Gasteiger partial charge in [0.15, 0.2) is 0 Å². The van der Waals surface area contributed by atoms with E-state index in [9.17, 15) is 4.79 Å². The van der Waals surface area contributed by atoms with E-state index < -0.39 is 5.97 Å². The SMILES string of the molecule is O=C(Oc1ccccc1)c1ccc(C#Cc2ccc(N(c3ccccc3)c3ccccc3)cc2)cc1. The Bertz CT molecular complexity index is 1440. The lowest BCUT2D eigenvalue weighted by Gasteiger charge is -2.25. The summed E-state index contributed by atoms with van der Waals surface area (Å²) in [6.45, 7) is 0. The molecular weight excluding hydrogens is 442 g/mol. The van der Waals surface area contributed by atoms with Gasteiger partial charge in [0, 0.05) is 28.2 Å². The molecule has 36 heavy (non-hydrogen) atoms. The summed E-state index contributed by atoms with van der Waals surface area (Å²) in [5, 5.41) is 0. The van der Waals surface area contributed by atoms with Gasteiger partial charge in [0.05, 0.1) is 5.56 Å². The molecule has 5 rings (SSSR count). The zero-order chi connectivity index (χ0) is 24.6. The van der Waals surface area contributed by atoms with Gasteiger partial charge < -0.3 is 9.64 Å². The number of hydrogen-bond donors (Lipinski definition) is 0. The van der Waals surface area contributed by atoms with Gasteiger partial charge in [0.25, 0.3) is 0 Å². The lowest BCUT2D eigenvalue weighted by atomic mass is 10.1. The van der Waals surface area contributed by atoms with E-state index in [1.165, 1.54) is 0 Å². The normalized spacial score (nSPS) is 10.1. The minimum atomic E-state index is -0.391. The number of nitrogens with zero attached hydrogens (tertiary/aromatic N) is 1. The average molecular weight is 466 g/mol. The van der Waals surface area contributed by atoms with Crippen LogP contribution in [0.25, 0.3) is 0 Å². The third-order valence-electron chi connectivity index (χ3n) is 5.58. The lowest BCUT2D eigenvalue weighted by Crippen LogP contribution is -2.09. The van der Waals surface area contributed by atoms with Crippen LogP contribution in [-0.4, -0.2) is 5.97 Å². The largest absolute Gasteiger partial charge is 0.423 e. The minimum absolute atomic E-state index is 0.391. The fraction of sp³-hybridized carbons (Fsp3) is 0. The molecule has 0 radical (unpaired) electrons. The van der Waals surface area contributed by atoms with Gasteiger partial charge in [0.1, 0.15) is 5.75 Å². The second-order valence-corrected chi connectivity index (χ2v) is 8.08. The molecule has 0 bridgehead atoms. The molecule has 0 aliphatic rings. The molecule has 0 aromatic heterocycles. The van der Waals surface area contributed by atoms with Crippen LogP contribution in [0.1, 0.15) is 21.5 Å². The van der Waals surface area contributed by atoms with Crippen molar-refractivity contribution in [3.05, 3.63) is 156 Å². The van der Waals surface area contributed by atoms with E-state index in [-0.39, 0.29) is 0 Å². The van der Waals surface area contributed by atoms with Gasteiger partial charge in [-0.05, 0) is 84.9 Å². The van der Waals surface area contributed by atoms with Crippen LogP contribution in [0.5, 0.6) is 5.75 Å². The highest BCUT2D eigenvalue weighted by Crippen LogP contribution is 2.33. The standard InChI is InChI=1S/C33H23NO2/c35-33(36-32-14-8-3-9-15-32)28-22-18-26(19-23-28)16-17-27-20-24-31(25-21-27)34(29-10-4-1-5-11-29)30-12-6-2-7-13-30/h1-15,18-25H. The first-order valence-electron chi connectivity index (χ1n) is 11.7.